The van der Waals surface area contributed by atoms with E-state index in [1.165, 1.54) is 5.56 Å². The lowest BCUT2D eigenvalue weighted by Crippen LogP contribution is -2.38. The molecule has 158 valence electrons. The third-order valence-electron chi connectivity index (χ3n) is 4.86. The van der Waals surface area contributed by atoms with Gasteiger partial charge in [-0.3, -0.25) is 9.80 Å². The van der Waals surface area contributed by atoms with Crippen molar-refractivity contribution in [2.45, 2.75) is 12.6 Å². The van der Waals surface area contributed by atoms with E-state index >= 15 is 0 Å². The predicted octanol–water partition coefficient (Wildman–Crippen LogP) is 2.27. The second-order valence-electron chi connectivity index (χ2n) is 7.42. The summed E-state index contributed by atoms with van der Waals surface area (Å²) < 4.78 is 16.8. The molecule has 1 fully saturated rings. The van der Waals surface area contributed by atoms with Crippen molar-refractivity contribution in [3.05, 3.63) is 60.2 Å². The Morgan fingerprint density at radius 1 is 1.00 bits per heavy atom. The van der Waals surface area contributed by atoms with E-state index < -0.39 is 6.10 Å². The number of aliphatic hydroxyl groups excluding tert-OH is 1. The van der Waals surface area contributed by atoms with Crippen molar-refractivity contribution in [3.63, 3.8) is 0 Å². The van der Waals surface area contributed by atoms with Gasteiger partial charge in [0.25, 0.3) is 0 Å². The average molecular weight is 401 g/mol. The van der Waals surface area contributed by atoms with Gasteiger partial charge in [-0.1, -0.05) is 30.3 Å². The smallest absolute Gasteiger partial charge is 0.119 e. The van der Waals surface area contributed by atoms with E-state index in [1.807, 2.05) is 49.5 Å². The third-order valence-corrected chi connectivity index (χ3v) is 4.86. The zero-order valence-electron chi connectivity index (χ0n) is 17.2. The summed E-state index contributed by atoms with van der Waals surface area (Å²) in [6, 6.07) is 17.7. The lowest BCUT2D eigenvalue weighted by Gasteiger charge is -2.26. The van der Waals surface area contributed by atoms with E-state index in [9.17, 15) is 5.11 Å². The summed E-state index contributed by atoms with van der Waals surface area (Å²) in [6.07, 6.45) is -0.539. The molecule has 1 atom stereocenters. The molecular weight excluding hydrogens is 368 g/mol. The molecule has 1 aliphatic heterocycles. The lowest BCUT2D eigenvalue weighted by atomic mass is 10.2. The molecular formula is C23H32N2O4. The van der Waals surface area contributed by atoms with Crippen LogP contribution in [0.4, 0.5) is 0 Å². The number of para-hydroxylation sites is 1. The SMILES string of the molecule is CN(Cc1ccc(OCCN2CCOCC2)cc1)CC(O)COc1ccccc1. The summed E-state index contributed by atoms with van der Waals surface area (Å²) >= 11 is 0. The molecule has 1 heterocycles. The zero-order valence-corrected chi connectivity index (χ0v) is 17.2. The normalized spacial score (nSPS) is 16.0. The first-order valence-corrected chi connectivity index (χ1v) is 10.3. The quantitative estimate of drug-likeness (QED) is 0.625. The average Bonchev–Trinajstić information content (AvgIpc) is 2.75. The van der Waals surface area contributed by atoms with Crippen LogP contribution in [0.1, 0.15) is 5.56 Å². The molecule has 0 amide bonds. The lowest BCUT2D eigenvalue weighted by molar-refractivity contribution is 0.0322. The fourth-order valence-corrected chi connectivity index (χ4v) is 3.31. The number of hydrogen-bond donors (Lipinski definition) is 1. The summed E-state index contributed by atoms with van der Waals surface area (Å²) in [5.74, 6) is 1.67. The van der Waals surface area contributed by atoms with E-state index in [0.717, 1.165) is 50.9 Å². The maximum Gasteiger partial charge on any atom is 0.119 e. The van der Waals surface area contributed by atoms with Crippen LogP contribution in [0.3, 0.4) is 0 Å². The second-order valence-corrected chi connectivity index (χ2v) is 7.42. The molecule has 1 aliphatic rings. The minimum Gasteiger partial charge on any atom is -0.492 e. The topological polar surface area (TPSA) is 54.4 Å². The Morgan fingerprint density at radius 2 is 1.69 bits per heavy atom. The first-order valence-electron chi connectivity index (χ1n) is 10.3. The molecule has 0 aromatic heterocycles. The Kier molecular flexibility index (Phi) is 8.77. The summed E-state index contributed by atoms with van der Waals surface area (Å²) in [6.45, 7) is 6.80. The number of ether oxygens (including phenoxy) is 3. The molecule has 6 nitrogen and oxygen atoms in total. The van der Waals surface area contributed by atoms with Crippen molar-refractivity contribution in [3.8, 4) is 11.5 Å². The van der Waals surface area contributed by atoms with Gasteiger partial charge in [-0.15, -0.1) is 0 Å². The monoisotopic (exact) mass is 400 g/mol. The number of likely N-dealkylation sites (N-methyl/N-ethyl adjacent to an activating group) is 1. The Balaban J connectivity index is 1.33. The van der Waals surface area contributed by atoms with E-state index in [0.29, 0.717) is 13.2 Å². The summed E-state index contributed by atoms with van der Waals surface area (Å²) in [4.78, 5) is 4.45. The van der Waals surface area contributed by atoms with Crippen LogP contribution in [0.15, 0.2) is 54.6 Å². The number of hydrogen-bond acceptors (Lipinski definition) is 6. The number of nitrogens with zero attached hydrogens (tertiary/aromatic N) is 2. The summed E-state index contributed by atoms with van der Waals surface area (Å²) in [5.41, 5.74) is 1.18. The molecule has 0 saturated carbocycles. The van der Waals surface area contributed by atoms with Crippen LogP contribution >= 0.6 is 0 Å². The summed E-state index contributed by atoms with van der Waals surface area (Å²) in [7, 11) is 2.00. The second kappa shape index (κ2) is 11.8. The van der Waals surface area contributed by atoms with Crippen LogP contribution in [-0.2, 0) is 11.3 Å². The van der Waals surface area contributed by atoms with Crippen molar-refractivity contribution < 1.29 is 19.3 Å². The zero-order chi connectivity index (χ0) is 20.3. The molecule has 2 aromatic rings. The molecule has 1 N–H and O–H groups in total. The van der Waals surface area contributed by atoms with Gasteiger partial charge in [-0.25, -0.2) is 0 Å². The molecule has 0 aliphatic carbocycles. The van der Waals surface area contributed by atoms with Crippen LogP contribution in [0.5, 0.6) is 11.5 Å². The largest absolute Gasteiger partial charge is 0.492 e. The van der Waals surface area contributed by atoms with Crippen molar-refractivity contribution in [1.29, 1.82) is 0 Å². The van der Waals surface area contributed by atoms with Crippen LogP contribution in [0.2, 0.25) is 0 Å². The van der Waals surface area contributed by atoms with Gasteiger partial charge < -0.3 is 19.3 Å². The van der Waals surface area contributed by atoms with Gasteiger partial charge in [0.2, 0.25) is 0 Å². The molecule has 29 heavy (non-hydrogen) atoms. The van der Waals surface area contributed by atoms with E-state index in [1.54, 1.807) is 0 Å². The molecule has 0 bridgehead atoms. The maximum atomic E-state index is 10.2. The van der Waals surface area contributed by atoms with Gasteiger partial charge in [0.05, 0.1) is 13.2 Å². The Bertz CT molecular complexity index is 690. The van der Waals surface area contributed by atoms with Crippen molar-refractivity contribution in [2.75, 3.05) is 59.7 Å². The standard InChI is InChI=1S/C23H32N2O4/c1-24(18-21(26)19-29-22-5-3-2-4-6-22)17-20-7-9-23(10-8-20)28-16-13-25-11-14-27-15-12-25/h2-10,21,26H,11-19H2,1H3. The van der Waals surface area contributed by atoms with Crippen molar-refractivity contribution in [1.82, 2.24) is 9.80 Å². The van der Waals surface area contributed by atoms with Gasteiger partial charge in [0.15, 0.2) is 0 Å². The minimum atomic E-state index is -0.539. The van der Waals surface area contributed by atoms with Gasteiger partial charge in [-0.2, -0.15) is 0 Å². The highest BCUT2D eigenvalue weighted by atomic mass is 16.5. The number of rotatable bonds is 11. The van der Waals surface area contributed by atoms with Crippen LogP contribution in [0, 0.1) is 0 Å². The highest BCUT2D eigenvalue weighted by Crippen LogP contribution is 2.14. The molecule has 1 saturated heterocycles. The molecule has 3 rings (SSSR count). The van der Waals surface area contributed by atoms with Gasteiger partial charge in [0, 0.05) is 32.7 Å². The Morgan fingerprint density at radius 3 is 2.41 bits per heavy atom. The van der Waals surface area contributed by atoms with Crippen molar-refractivity contribution in [2.24, 2.45) is 0 Å². The van der Waals surface area contributed by atoms with E-state index in [4.69, 9.17) is 14.2 Å². The molecule has 2 aromatic carbocycles. The number of benzene rings is 2. The molecule has 1 unspecified atom stereocenters. The van der Waals surface area contributed by atoms with Crippen LogP contribution in [0.25, 0.3) is 0 Å². The number of morpholine rings is 1. The Labute approximate surface area is 173 Å². The number of aliphatic hydroxyl groups is 1. The summed E-state index contributed by atoms with van der Waals surface area (Å²) in [5, 5.41) is 10.2. The minimum absolute atomic E-state index is 0.282. The molecule has 0 radical (unpaired) electrons. The highest BCUT2D eigenvalue weighted by molar-refractivity contribution is 5.27. The van der Waals surface area contributed by atoms with E-state index in [2.05, 4.69) is 21.9 Å². The van der Waals surface area contributed by atoms with Crippen LogP contribution < -0.4 is 9.47 Å². The van der Waals surface area contributed by atoms with Crippen LogP contribution in [-0.4, -0.2) is 80.7 Å². The first-order chi connectivity index (χ1) is 14.2. The highest BCUT2D eigenvalue weighted by Gasteiger charge is 2.11. The Hall–Kier alpha value is -2.12. The van der Waals surface area contributed by atoms with E-state index in [-0.39, 0.29) is 6.61 Å². The first kappa shape index (κ1) is 21.6. The van der Waals surface area contributed by atoms with Gasteiger partial charge >= 0.3 is 0 Å². The fourth-order valence-electron chi connectivity index (χ4n) is 3.31. The molecule has 0 spiro atoms. The fraction of sp³-hybridized carbons (Fsp3) is 0.478. The molecule has 6 heteroatoms. The third kappa shape index (κ3) is 8.03. The van der Waals surface area contributed by atoms with Gasteiger partial charge in [0.1, 0.15) is 30.8 Å². The van der Waals surface area contributed by atoms with Crippen molar-refractivity contribution >= 4 is 0 Å². The maximum absolute atomic E-state index is 10.2. The van der Waals surface area contributed by atoms with Gasteiger partial charge in [-0.05, 0) is 36.9 Å². The predicted molar refractivity (Wildman–Crippen MR) is 113 cm³/mol.